The number of anilines is 1. The molecule has 1 amide bonds. The van der Waals surface area contributed by atoms with Crippen molar-refractivity contribution in [2.24, 2.45) is 0 Å². The highest BCUT2D eigenvalue weighted by Gasteiger charge is 2.22. The number of carbonyl (C=O) groups is 1. The first-order valence-corrected chi connectivity index (χ1v) is 19.6. The van der Waals surface area contributed by atoms with E-state index in [2.05, 4.69) is 144 Å². The fourth-order valence-electron chi connectivity index (χ4n) is 9.02. The lowest BCUT2D eigenvalue weighted by Gasteiger charge is -2.14. The van der Waals surface area contributed by atoms with E-state index >= 15 is 0 Å². The van der Waals surface area contributed by atoms with E-state index in [-0.39, 0.29) is 11.8 Å². The number of hydrogen-bond acceptors (Lipinski definition) is 3. The van der Waals surface area contributed by atoms with Crippen LogP contribution in [0.2, 0.25) is 0 Å². The van der Waals surface area contributed by atoms with Gasteiger partial charge in [0.1, 0.15) is 5.88 Å². The molecule has 5 heterocycles. The Labute approximate surface area is 333 Å². The van der Waals surface area contributed by atoms with Gasteiger partial charge in [0.15, 0.2) is 0 Å². The average Bonchev–Trinajstić information content (AvgIpc) is 3.96. The third-order valence-corrected chi connectivity index (χ3v) is 11.2. The molecule has 0 fully saturated rings. The summed E-state index contributed by atoms with van der Waals surface area (Å²) in [6, 6.07) is 21.8. The number of rotatable bonds is 5. The van der Waals surface area contributed by atoms with Gasteiger partial charge in [0.05, 0.1) is 34.0 Å². The Balaban J connectivity index is 1.62. The second-order valence-corrected chi connectivity index (χ2v) is 15.8. The summed E-state index contributed by atoms with van der Waals surface area (Å²) in [5.74, 6) is -0.505. The summed E-state index contributed by atoms with van der Waals surface area (Å²) in [5.41, 5.74) is 24.2. The van der Waals surface area contributed by atoms with Crippen molar-refractivity contribution in [2.45, 2.75) is 62.3 Å². The third-order valence-electron chi connectivity index (χ3n) is 10.9. The summed E-state index contributed by atoms with van der Waals surface area (Å²) in [6.07, 6.45) is 8.29. The topological polar surface area (TPSA) is 86.5 Å². The number of nitrogens with zero attached hydrogens (tertiary/aromatic N) is 2. The molecule has 0 atom stereocenters. The molecule has 8 bridgehead atoms. The van der Waals surface area contributed by atoms with Gasteiger partial charge in [-0.3, -0.25) is 4.79 Å². The van der Waals surface area contributed by atoms with E-state index in [0.29, 0.717) is 16.9 Å². The normalized spacial score (nSPS) is 12.1. The molecule has 6 aromatic rings. The first-order valence-electron chi connectivity index (χ1n) is 19.1. The summed E-state index contributed by atoms with van der Waals surface area (Å²) >= 11 is 6.10. The number of H-pyrrole nitrogens is 2. The highest BCUT2D eigenvalue weighted by atomic mass is 35.5. The summed E-state index contributed by atoms with van der Waals surface area (Å²) < 4.78 is 0. The standard InChI is InChI=1S/C49H46ClN5O/c1-25-18-28(4)43(29(5)19-25)46-34-10-12-36(51-34)47(44-30(6)20-26(2)21-31(44)7)38-14-16-40(53-38)49(55-42(56)24-50)41-17-15-39(54-41)48(37-13-11-35(46)52-37)45-32(8)22-27(3)23-33(45)9/h10-23,51,54H,24H2,1-9H3,(H,55,56). The molecule has 2 aliphatic heterocycles. The molecule has 0 spiro atoms. The number of hydrogen-bond donors (Lipinski definition) is 3. The number of aryl methyl sites for hydroxylation is 9. The van der Waals surface area contributed by atoms with Gasteiger partial charge in [-0.2, -0.15) is 0 Å². The Bertz CT molecular complexity index is 2760. The number of benzene rings is 3. The largest absolute Gasteiger partial charge is 0.354 e. The molecule has 3 aromatic carbocycles. The Morgan fingerprint density at radius 2 is 0.786 bits per heavy atom. The second-order valence-electron chi connectivity index (χ2n) is 15.5. The fraction of sp³-hybridized carbons (Fsp3) is 0.204. The van der Waals surface area contributed by atoms with Crippen molar-refractivity contribution in [1.29, 1.82) is 0 Å². The van der Waals surface area contributed by atoms with Crippen LogP contribution >= 0.6 is 11.6 Å². The van der Waals surface area contributed by atoms with Crippen molar-refractivity contribution in [3.8, 4) is 33.4 Å². The van der Waals surface area contributed by atoms with Crippen molar-refractivity contribution < 1.29 is 4.79 Å². The van der Waals surface area contributed by atoms with E-state index in [9.17, 15) is 4.79 Å². The smallest absolute Gasteiger partial charge is 0.239 e. The zero-order valence-corrected chi connectivity index (χ0v) is 34.2. The Hall–Kier alpha value is -5.98. The number of halogens is 1. The van der Waals surface area contributed by atoms with Gasteiger partial charge in [-0.15, -0.1) is 11.6 Å². The number of alkyl halides is 1. The van der Waals surface area contributed by atoms with E-state index in [1.165, 1.54) is 27.8 Å². The zero-order valence-electron chi connectivity index (χ0n) is 33.5. The maximum absolute atomic E-state index is 13.0. The van der Waals surface area contributed by atoms with Crippen molar-refractivity contribution in [1.82, 2.24) is 19.9 Å². The predicted octanol–water partition coefficient (Wildman–Crippen LogP) is 12.6. The lowest BCUT2D eigenvalue weighted by molar-refractivity contribution is -0.113. The fourth-order valence-corrected chi connectivity index (χ4v) is 9.09. The quantitative estimate of drug-likeness (QED) is 0.153. The van der Waals surface area contributed by atoms with E-state index in [1.54, 1.807) is 0 Å². The van der Waals surface area contributed by atoms with Gasteiger partial charge in [-0.1, -0.05) is 53.1 Å². The van der Waals surface area contributed by atoms with E-state index in [1.807, 2.05) is 18.2 Å². The SMILES string of the molecule is Cc1cc(C)c(-c2c3nc(c(-c4c(C)cc(C)cc4C)c4ccc([nH]4)c(-c4c(C)cc(C)cc4C)c4nc(c(NC(=O)CCl)c5ccc2[nH]5)C=C4)C=C3)c(C)c1. The molecule has 2 aliphatic rings. The van der Waals surface area contributed by atoms with Crippen LogP contribution in [0.15, 0.2) is 60.7 Å². The van der Waals surface area contributed by atoms with E-state index < -0.39 is 0 Å². The second kappa shape index (κ2) is 14.3. The first kappa shape index (κ1) is 37.0. The Morgan fingerprint density at radius 1 is 0.482 bits per heavy atom. The Morgan fingerprint density at radius 3 is 1.14 bits per heavy atom. The number of fused-ring (bicyclic) bond motifs is 8. The minimum Gasteiger partial charge on any atom is -0.354 e. The van der Waals surface area contributed by atoms with Crippen LogP contribution in [-0.4, -0.2) is 31.7 Å². The third kappa shape index (κ3) is 6.48. The number of aromatic nitrogens is 4. The molecule has 3 N–H and O–H groups in total. The van der Waals surface area contributed by atoms with Crippen LogP contribution in [0.4, 0.5) is 5.69 Å². The van der Waals surface area contributed by atoms with Crippen molar-refractivity contribution >= 4 is 69.6 Å². The number of aromatic amines is 2. The van der Waals surface area contributed by atoms with Gasteiger partial charge in [-0.25, -0.2) is 9.97 Å². The molecule has 7 heteroatoms. The predicted molar refractivity (Wildman–Crippen MR) is 237 cm³/mol. The number of carbonyl (C=O) groups excluding carboxylic acids is 1. The molecule has 8 rings (SSSR count). The Kier molecular flexibility index (Phi) is 9.42. The highest BCUT2D eigenvalue weighted by Crippen LogP contribution is 2.41. The van der Waals surface area contributed by atoms with Crippen LogP contribution in [0, 0.1) is 62.3 Å². The minimum atomic E-state index is -0.318. The van der Waals surface area contributed by atoms with Crippen LogP contribution < -0.4 is 5.32 Å². The molecule has 6 nitrogen and oxygen atoms in total. The maximum Gasteiger partial charge on any atom is 0.239 e. The lowest BCUT2D eigenvalue weighted by atomic mass is 9.92. The lowest BCUT2D eigenvalue weighted by Crippen LogP contribution is -2.13. The molecule has 56 heavy (non-hydrogen) atoms. The molecule has 280 valence electrons. The van der Waals surface area contributed by atoms with Gasteiger partial charge in [0.2, 0.25) is 5.91 Å². The highest BCUT2D eigenvalue weighted by molar-refractivity contribution is 6.29. The molecule has 0 aliphatic carbocycles. The molecule has 0 saturated heterocycles. The van der Waals surface area contributed by atoms with E-state index in [0.717, 1.165) is 89.3 Å². The average molecular weight is 756 g/mol. The molecule has 0 saturated carbocycles. The summed E-state index contributed by atoms with van der Waals surface area (Å²) in [5, 5.41) is 3.08. The molecule has 3 aromatic heterocycles. The summed E-state index contributed by atoms with van der Waals surface area (Å²) in [6.45, 7) is 19.4. The monoisotopic (exact) mass is 755 g/mol. The van der Waals surface area contributed by atoms with Gasteiger partial charge >= 0.3 is 0 Å². The van der Waals surface area contributed by atoms with Crippen LogP contribution in [0.3, 0.4) is 0 Å². The molecular weight excluding hydrogens is 710 g/mol. The van der Waals surface area contributed by atoms with Crippen LogP contribution in [0.25, 0.3) is 79.8 Å². The van der Waals surface area contributed by atoms with Crippen molar-refractivity contribution in [3.05, 3.63) is 134 Å². The van der Waals surface area contributed by atoms with Crippen LogP contribution in [0.5, 0.6) is 0 Å². The summed E-state index contributed by atoms with van der Waals surface area (Å²) in [4.78, 5) is 31.4. The molecular formula is C49H46ClN5O. The summed E-state index contributed by atoms with van der Waals surface area (Å²) in [7, 11) is 0. The van der Waals surface area contributed by atoms with Crippen molar-refractivity contribution in [2.75, 3.05) is 11.2 Å². The van der Waals surface area contributed by atoms with Crippen LogP contribution in [0.1, 0.15) is 72.8 Å². The van der Waals surface area contributed by atoms with Gasteiger partial charge < -0.3 is 15.3 Å². The molecule has 0 radical (unpaired) electrons. The maximum atomic E-state index is 13.0. The van der Waals surface area contributed by atoms with Gasteiger partial charge in [-0.05, 0) is 161 Å². The van der Waals surface area contributed by atoms with Gasteiger partial charge in [0, 0.05) is 33.2 Å². The number of nitrogens with one attached hydrogen (secondary N) is 3. The zero-order chi connectivity index (χ0) is 39.6. The minimum absolute atomic E-state index is 0.187. The first-order chi connectivity index (χ1) is 26.8. The van der Waals surface area contributed by atoms with Crippen LogP contribution in [-0.2, 0) is 4.79 Å². The number of amides is 1. The molecule has 0 unspecified atom stereocenters. The van der Waals surface area contributed by atoms with Crippen molar-refractivity contribution in [3.63, 3.8) is 0 Å². The van der Waals surface area contributed by atoms with Gasteiger partial charge in [0.25, 0.3) is 0 Å². The van der Waals surface area contributed by atoms with E-state index in [4.69, 9.17) is 21.6 Å².